The fourth-order valence-electron chi connectivity index (χ4n) is 1.83. The van der Waals surface area contributed by atoms with Crippen molar-refractivity contribution in [2.45, 2.75) is 25.3 Å². The maximum Gasteiger partial charge on any atom is 0.120 e. The van der Waals surface area contributed by atoms with E-state index in [1.165, 1.54) is 0 Å². The Bertz CT molecular complexity index is 493. The van der Waals surface area contributed by atoms with Gasteiger partial charge in [0.2, 0.25) is 0 Å². The molecule has 0 aliphatic carbocycles. The monoisotopic (exact) mass is 260 g/mol. The van der Waals surface area contributed by atoms with Gasteiger partial charge in [0.1, 0.15) is 5.75 Å². The highest BCUT2D eigenvalue weighted by atomic mass is 35.5. The number of benzene rings is 2. The molecule has 0 spiro atoms. The zero-order valence-electron chi connectivity index (χ0n) is 10.6. The molecular formula is C16H17ClO. The zero-order chi connectivity index (χ0) is 13.0. The van der Waals surface area contributed by atoms with Crippen molar-refractivity contribution in [1.82, 2.24) is 0 Å². The molecule has 0 heterocycles. The minimum absolute atomic E-state index is 0.137. The summed E-state index contributed by atoms with van der Waals surface area (Å²) >= 11 is 6.48. The number of ether oxygens (including phenoxy) is 1. The highest BCUT2D eigenvalue weighted by Crippen LogP contribution is 2.30. The predicted octanol–water partition coefficient (Wildman–Crippen LogP) is 4.80. The highest BCUT2D eigenvalue weighted by Gasteiger charge is 2.11. The van der Waals surface area contributed by atoms with Gasteiger partial charge in [-0.15, -0.1) is 11.6 Å². The van der Waals surface area contributed by atoms with Crippen molar-refractivity contribution in [3.63, 3.8) is 0 Å². The Morgan fingerprint density at radius 2 is 1.56 bits per heavy atom. The summed E-state index contributed by atoms with van der Waals surface area (Å²) in [6.45, 7) is 4.03. The molecular weight excluding hydrogens is 244 g/mol. The topological polar surface area (TPSA) is 9.23 Å². The summed E-state index contributed by atoms with van der Waals surface area (Å²) in [6.07, 6.45) is 0.172. The van der Waals surface area contributed by atoms with Crippen LogP contribution in [0.4, 0.5) is 0 Å². The lowest BCUT2D eigenvalue weighted by Crippen LogP contribution is -2.05. The Balaban J connectivity index is 2.23. The second-order valence-electron chi connectivity index (χ2n) is 4.51. The largest absolute Gasteiger partial charge is 0.491 e. The van der Waals surface area contributed by atoms with Crippen molar-refractivity contribution in [1.29, 1.82) is 0 Å². The lowest BCUT2D eigenvalue weighted by Gasteiger charge is -2.14. The summed E-state index contributed by atoms with van der Waals surface area (Å²) in [6, 6.07) is 18.0. The molecule has 2 rings (SSSR count). The predicted molar refractivity (Wildman–Crippen MR) is 76.3 cm³/mol. The first-order chi connectivity index (χ1) is 8.66. The zero-order valence-corrected chi connectivity index (χ0v) is 11.4. The van der Waals surface area contributed by atoms with E-state index in [0.717, 1.165) is 16.9 Å². The quantitative estimate of drug-likeness (QED) is 0.718. The van der Waals surface area contributed by atoms with E-state index in [4.69, 9.17) is 16.3 Å². The van der Waals surface area contributed by atoms with E-state index in [0.29, 0.717) is 0 Å². The van der Waals surface area contributed by atoms with E-state index in [9.17, 15) is 0 Å². The van der Waals surface area contributed by atoms with Crippen LogP contribution >= 0.6 is 11.6 Å². The minimum atomic E-state index is -0.137. The summed E-state index contributed by atoms with van der Waals surface area (Å²) in [5.41, 5.74) is 2.15. The third-order valence-corrected chi connectivity index (χ3v) is 3.12. The molecule has 1 atom stereocenters. The molecule has 1 nitrogen and oxygen atoms in total. The van der Waals surface area contributed by atoms with Crippen LogP contribution in [0.15, 0.2) is 54.6 Å². The maximum absolute atomic E-state index is 6.48. The van der Waals surface area contributed by atoms with Crippen molar-refractivity contribution in [3.05, 3.63) is 65.7 Å². The van der Waals surface area contributed by atoms with Crippen molar-refractivity contribution in [2.24, 2.45) is 0 Å². The molecule has 94 valence electrons. The Morgan fingerprint density at radius 3 is 2.22 bits per heavy atom. The van der Waals surface area contributed by atoms with E-state index >= 15 is 0 Å². The fraction of sp³-hybridized carbons (Fsp3) is 0.250. The lowest BCUT2D eigenvalue weighted by molar-refractivity contribution is 0.242. The van der Waals surface area contributed by atoms with Crippen molar-refractivity contribution < 1.29 is 4.74 Å². The SMILES string of the molecule is CC(C)Oc1cccc(C(Cl)c2ccccc2)c1. The Kier molecular flexibility index (Phi) is 4.27. The first kappa shape index (κ1) is 13.0. The first-order valence-electron chi connectivity index (χ1n) is 6.12. The molecule has 0 radical (unpaired) electrons. The third-order valence-electron chi connectivity index (χ3n) is 2.61. The Hall–Kier alpha value is -1.47. The molecule has 0 fully saturated rings. The molecule has 1 unspecified atom stereocenters. The van der Waals surface area contributed by atoms with Gasteiger partial charge in [0, 0.05) is 0 Å². The van der Waals surface area contributed by atoms with Crippen LogP contribution in [0, 0.1) is 0 Å². The number of hydrogen-bond donors (Lipinski definition) is 0. The van der Waals surface area contributed by atoms with Crippen LogP contribution < -0.4 is 4.74 Å². The molecule has 0 aliphatic heterocycles. The van der Waals surface area contributed by atoms with E-state index in [-0.39, 0.29) is 11.5 Å². The molecule has 0 saturated carbocycles. The average Bonchev–Trinajstić information content (AvgIpc) is 2.38. The van der Waals surface area contributed by atoms with Crippen molar-refractivity contribution in [3.8, 4) is 5.75 Å². The molecule has 0 bridgehead atoms. The van der Waals surface area contributed by atoms with Gasteiger partial charge in [-0.05, 0) is 37.1 Å². The molecule has 0 aromatic heterocycles. The van der Waals surface area contributed by atoms with E-state index in [1.54, 1.807) is 0 Å². The van der Waals surface area contributed by atoms with Crippen LogP contribution in [0.2, 0.25) is 0 Å². The number of rotatable bonds is 4. The first-order valence-corrected chi connectivity index (χ1v) is 6.56. The van der Waals surface area contributed by atoms with Crippen LogP contribution in [0.25, 0.3) is 0 Å². The number of alkyl halides is 1. The molecule has 18 heavy (non-hydrogen) atoms. The van der Waals surface area contributed by atoms with Crippen molar-refractivity contribution >= 4 is 11.6 Å². The summed E-state index contributed by atoms with van der Waals surface area (Å²) in [7, 11) is 0. The molecule has 2 heteroatoms. The molecule has 2 aromatic carbocycles. The van der Waals surface area contributed by atoms with Crippen LogP contribution in [0.3, 0.4) is 0 Å². The summed E-state index contributed by atoms with van der Waals surface area (Å²) in [5.74, 6) is 0.865. The number of halogens is 1. The summed E-state index contributed by atoms with van der Waals surface area (Å²) < 4.78 is 5.68. The van der Waals surface area contributed by atoms with Gasteiger partial charge in [0.15, 0.2) is 0 Å². The van der Waals surface area contributed by atoms with Crippen LogP contribution in [0.1, 0.15) is 30.4 Å². The second kappa shape index (κ2) is 5.92. The molecule has 0 aliphatic rings. The van der Waals surface area contributed by atoms with Gasteiger partial charge in [-0.1, -0.05) is 42.5 Å². The number of hydrogen-bond acceptors (Lipinski definition) is 1. The summed E-state index contributed by atoms with van der Waals surface area (Å²) in [4.78, 5) is 0. The van der Waals surface area contributed by atoms with E-state index < -0.39 is 0 Å². The molecule has 0 saturated heterocycles. The fourth-order valence-corrected chi connectivity index (χ4v) is 2.11. The summed E-state index contributed by atoms with van der Waals surface area (Å²) in [5, 5.41) is -0.137. The highest BCUT2D eigenvalue weighted by molar-refractivity contribution is 6.22. The smallest absolute Gasteiger partial charge is 0.120 e. The lowest BCUT2D eigenvalue weighted by atomic mass is 10.0. The van der Waals surface area contributed by atoms with Gasteiger partial charge in [0.05, 0.1) is 11.5 Å². The Morgan fingerprint density at radius 1 is 0.889 bits per heavy atom. The third kappa shape index (κ3) is 3.27. The van der Waals surface area contributed by atoms with Crippen LogP contribution in [0.5, 0.6) is 5.75 Å². The van der Waals surface area contributed by atoms with E-state index in [1.807, 2.05) is 68.4 Å². The van der Waals surface area contributed by atoms with Gasteiger partial charge < -0.3 is 4.74 Å². The maximum atomic E-state index is 6.48. The van der Waals surface area contributed by atoms with Gasteiger partial charge >= 0.3 is 0 Å². The van der Waals surface area contributed by atoms with Crippen LogP contribution in [-0.2, 0) is 0 Å². The van der Waals surface area contributed by atoms with Gasteiger partial charge in [-0.2, -0.15) is 0 Å². The minimum Gasteiger partial charge on any atom is -0.491 e. The second-order valence-corrected chi connectivity index (χ2v) is 4.95. The molecule has 0 amide bonds. The molecule has 0 N–H and O–H groups in total. The van der Waals surface area contributed by atoms with E-state index in [2.05, 4.69) is 0 Å². The average molecular weight is 261 g/mol. The van der Waals surface area contributed by atoms with Gasteiger partial charge in [-0.25, -0.2) is 0 Å². The van der Waals surface area contributed by atoms with Crippen molar-refractivity contribution in [2.75, 3.05) is 0 Å². The Labute approximate surface area is 113 Å². The normalized spacial score (nSPS) is 12.4. The standard InChI is InChI=1S/C16H17ClO/c1-12(2)18-15-10-6-9-14(11-15)16(17)13-7-4-3-5-8-13/h3-12,16H,1-2H3. The van der Waals surface area contributed by atoms with Gasteiger partial charge in [0.25, 0.3) is 0 Å². The van der Waals surface area contributed by atoms with Gasteiger partial charge in [-0.3, -0.25) is 0 Å². The van der Waals surface area contributed by atoms with Crippen LogP contribution in [-0.4, -0.2) is 6.10 Å². The molecule has 2 aromatic rings.